The fourth-order valence-corrected chi connectivity index (χ4v) is 2.48. The van der Waals surface area contributed by atoms with Crippen LogP contribution in [0.25, 0.3) is 6.08 Å². The van der Waals surface area contributed by atoms with Crippen molar-refractivity contribution in [3.05, 3.63) is 69.8 Å². The number of carbonyl (C=O) groups is 2. The molecule has 0 aromatic heterocycles. The van der Waals surface area contributed by atoms with E-state index >= 15 is 0 Å². The molecule has 0 bridgehead atoms. The average Bonchev–Trinajstić information content (AvgIpc) is 2.95. The van der Waals surface area contributed by atoms with Crippen molar-refractivity contribution < 1.29 is 28.7 Å². The van der Waals surface area contributed by atoms with E-state index in [2.05, 4.69) is 0 Å². The number of benzene rings is 2. The monoisotopic (exact) mass is 383 g/mol. The van der Waals surface area contributed by atoms with Gasteiger partial charge in [0.1, 0.15) is 0 Å². The van der Waals surface area contributed by atoms with Crippen molar-refractivity contribution in [3.8, 4) is 11.5 Å². The first-order valence-electron chi connectivity index (χ1n) is 8.55. The number of nitro groups is 1. The zero-order chi connectivity index (χ0) is 19.9. The van der Waals surface area contributed by atoms with Crippen LogP contribution >= 0.6 is 0 Å². The number of ether oxygens (including phenoxy) is 3. The maximum atomic E-state index is 12.2. The fourth-order valence-electron chi connectivity index (χ4n) is 2.48. The first-order chi connectivity index (χ1) is 13.5. The lowest BCUT2D eigenvalue weighted by atomic mass is 10.1. The maximum Gasteiger partial charge on any atom is 0.331 e. The van der Waals surface area contributed by atoms with Gasteiger partial charge in [0.15, 0.2) is 23.9 Å². The van der Waals surface area contributed by atoms with Gasteiger partial charge in [-0.05, 0) is 42.0 Å². The summed E-state index contributed by atoms with van der Waals surface area (Å²) < 4.78 is 16.0. The number of esters is 1. The van der Waals surface area contributed by atoms with Gasteiger partial charge in [-0.25, -0.2) is 4.79 Å². The average molecular weight is 383 g/mol. The van der Waals surface area contributed by atoms with Crippen LogP contribution in [0.3, 0.4) is 0 Å². The van der Waals surface area contributed by atoms with Gasteiger partial charge < -0.3 is 14.2 Å². The normalized spacial score (nSPS) is 13.0. The number of nitro benzene ring substituents is 1. The molecule has 0 amide bonds. The number of carbonyl (C=O) groups excluding carboxylic acids is 2. The molecule has 8 nitrogen and oxygen atoms in total. The summed E-state index contributed by atoms with van der Waals surface area (Å²) in [5.74, 6) is 0.0126. The Morgan fingerprint density at radius 1 is 1.07 bits per heavy atom. The number of rotatable bonds is 6. The van der Waals surface area contributed by atoms with Crippen molar-refractivity contribution >= 4 is 23.5 Å². The van der Waals surface area contributed by atoms with Crippen LogP contribution in [0.15, 0.2) is 48.5 Å². The molecule has 0 saturated heterocycles. The van der Waals surface area contributed by atoms with Crippen molar-refractivity contribution in [2.24, 2.45) is 0 Å². The minimum absolute atomic E-state index is 0.0412. The highest BCUT2D eigenvalue weighted by Crippen LogP contribution is 2.30. The third kappa shape index (κ3) is 4.94. The molecule has 2 aromatic rings. The van der Waals surface area contributed by atoms with E-state index in [1.54, 1.807) is 18.2 Å². The predicted molar refractivity (Wildman–Crippen MR) is 99.5 cm³/mol. The van der Waals surface area contributed by atoms with Gasteiger partial charge in [0.25, 0.3) is 5.69 Å². The van der Waals surface area contributed by atoms with E-state index in [0.29, 0.717) is 35.8 Å². The molecule has 1 aliphatic rings. The summed E-state index contributed by atoms with van der Waals surface area (Å²) in [6.07, 6.45) is 3.36. The van der Waals surface area contributed by atoms with Gasteiger partial charge >= 0.3 is 5.97 Å². The third-order valence-corrected chi connectivity index (χ3v) is 3.93. The molecule has 0 radical (unpaired) electrons. The Balaban J connectivity index is 1.54. The van der Waals surface area contributed by atoms with E-state index in [0.717, 1.165) is 12.5 Å². The van der Waals surface area contributed by atoms with Gasteiger partial charge in [0.2, 0.25) is 0 Å². The number of Topliss-reactive ketones (excluding diaryl/α,β-unsaturated/α-hetero) is 1. The lowest BCUT2D eigenvalue weighted by Crippen LogP contribution is -2.12. The van der Waals surface area contributed by atoms with Gasteiger partial charge in [0.05, 0.1) is 18.1 Å². The van der Waals surface area contributed by atoms with Gasteiger partial charge in [-0.3, -0.25) is 14.9 Å². The molecule has 3 rings (SSSR count). The standard InChI is InChI=1S/C20H17NO7/c22-17(15-5-8-18-19(12-15)27-11-1-10-26-18)13-28-20(23)9-4-14-2-6-16(7-3-14)21(24)25/h2-9,12H,1,10-11,13H2/b9-4+. The first-order valence-corrected chi connectivity index (χ1v) is 8.55. The highest BCUT2D eigenvalue weighted by Gasteiger charge is 2.15. The molecule has 0 fully saturated rings. The molecule has 144 valence electrons. The van der Waals surface area contributed by atoms with E-state index in [4.69, 9.17) is 14.2 Å². The molecular formula is C20H17NO7. The number of non-ortho nitro benzene ring substituents is 1. The fraction of sp³-hybridized carbons (Fsp3) is 0.200. The lowest BCUT2D eigenvalue weighted by Gasteiger charge is -2.08. The maximum absolute atomic E-state index is 12.2. The van der Waals surface area contributed by atoms with Crippen LogP contribution in [0.1, 0.15) is 22.3 Å². The third-order valence-electron chi connectivity index (χ3n) is 3.93. The molecule has 0 spiro atoms. The number of hydrogen-bond donors (Lipinski definition) is 0. The Morgan fingerprint density at radius 2 is 1.79 bits per heavy atom. The second-order valence-electron chi connectivity index (χ2n) is 5.92. The summed E-state index contributed by atoms with van der Waals surface area (Å²) in [4.78, 5) is 34.1. The van der Waals surface area contributed by atoms with Gasteiger partial charge in [0, 0.05) is 30.2 Å². The zero-order valence-corrected chi connectivity index (χ0v) is 14.8. The van der Waals surface area contributed by atoms with Crippen molar-refractivity contribution in [1.82, 2.24) is 0 Å². The van der Waals surface area contributed by atoms with Crippen LogP contribution in [0.5, 0.6) is 11.5 Å². The minimum atomic E-state index is -0.693. The molecular weight excluding hydrogens is 366 g/mol. The molecule has 8 heteroatoms. The summed E-state index contributed by atoms with van der Waals surface area (Å²) in [6, 6.07) is 10.5. The van der Waals surface area contributed by atoms with Gasteiger partial charge in [-0.15, -0.1) is 0 Å². The van der Waals surface area contributed by atoms with Gasteiger partial charge in [-0.1, -0.05) is 0 Å². The Morgan fingerprint density at radius 3 is 2.50 bits per heavy atom. The topological polar surface area (TPSA) is 105 Å². The van der Waals surface area contributed by atoms with Crippen molar-refractivity contribution in [1.29, 1.82) is 0 Å². The Hall–Kier alpha value is -3.68. The van der Waals surface area contributed by atoms with Crippen LogP contribution in [-0.2, 0) is 9.53 Å². The van der Waals surface area contributed by atoms with E-state index in [1.807, 2.05) is 0 Å². The smallest absolute Gasteiger partial charge is 0.331 e. The van der Waals surface area contributed by atoms with Crippen LogP contribution in [0.4, 0.5) is 5.69 Å². The summed E-state index contributed by atoms with van der Waals surface area (Å²) in [7, 11) is 0. The Bertz CT molecular complexity index is 919. The molecule has 1 heterocycles. The van der Waals surface area contributed by atoms with Crippen molar-refractivity contribution in [2.75, 3.05) is 19.8 Å². The number of nitrogens with zero attached hydrogens (tertiary/aromatic N) is 1. The quantitative estimate of drug-likeness (QED) is 0.248. The molecule has 0 unspecified atom stereocenters. The second kappa shape index (κ2) is 8.81. The van der Waals surface area contributed by atoms with Crippen LogP contribution in [0, 0.1) is 10.1 Å². The summed E-state index contributed by atoms with van der Waals surface area (Å²) in [5.41, 5.74) is 0.911. The van der Waals surface area contributed by atoms with Gasteiger partial charge in [-0.2, -0.15) is 0 Å². The minimum Gasteiger partial charge on any atom is -0.490 e. The molecule has 2 aromatic carbocycles. The largest absolute Gasteiger partial charge is 0.490 e. The van der Waals surface area contributed by atoms with E-state index in [1.165, 1.54) is 30.3 Å². The number of fused-ring (bicyclic) bond motifs is 1. The molecule has 0 saturated carbocycles. The van der Waals surface area contributed by atoms with Crippen LogP contribution < -0.4 is 9.47 Å². The number of hydrogen-bond acceptors (Lipinski definition) is 7. The highest BCUT2D eigenvalue weighted by atomic mass is 16.6. The number of ketones is 1. The predicted octanol–water partition coefficient (Wildman–Crippen LogP) is 3.20. The van der Waals surface area contributed by atoms with E-state index < -0.39 is 17.5 Å². The Labute approximate surface area is 160 Å². The van der Waals surface area contributed by atoms with Crippen molar-refractivity contribution in [3.63, 3.8) is 0 Å². The highest BCUT2D eigenvalue weighted by molar-refractivity contribution is 5.99. The first kappa shape index (κ1) is 19.1. The molecule has 0 N–H and O–H groups in total. The molecule has 1 aliphatic heterocycles. The van der Waals surface area contributed by atoms with E-state index in [-0.39, 0.29) is 11.5 Å². The zero-order valence-electron chi connectivity index (χ0n) is 14.8. The molecule has 0 atom stereocenters. The van der Waals surface area contributed by atoms with Crippen LogP contribution in [-0.4, -0.2) is 36.5 Å². The summed E-state index contributed by atoms with van der Waals surface area (Å²) in [6.45, 7) is 0.648. The second-order valence-corrected chi connectivity index (χ2v) is 5.92. The van der Waals surface area contributed by atoms with E-state index in [9.17, 15) is 19.7 Å². The Kier molecular flexibility index (Phi) is 6.01. The SMILES string of the molecule is O=C(/C=C/c1ccc([N+](=O)[O-])cc1)OCC(=O)c1ccc2c(c1)OCCCO2. The summed E-state index contributed by atoms with van der Waals surface area (Å²) in [5, 5.41) is 10.6. The van der Waals surface area contributed by atoms with Crippen molar-refractivity contribution in [2.45, 2.75) is 6.42 Å². The summed E-state index contributed by atoms with van der Waals surface area (Å²) >= 11 is 0. The molecule has 28 heavy (non-hydrogen) atoms. The lowest BCUT2D eigenvalue weighted by molar-refractivity contribution is -0.384. The van der Waals surface area contributed by atoms with Crippen LogP contribution in [0.2, 0.25) is 0 Å². The molecule has 0 aliphatic carbocycles.